The molecule has 1 heterocycles. The summed E-state index contributed by atoms with van der Waals surface area (Å²) in [4.78, 5) is 38.4. The van der Waals surface area contributed by atoms with Crippen LogP contribution in [0.4, 0.5) is 0 Å². The number of hydrogen-bond acceptors (Lipinski definition) is 7. The molecule has 0 spiro atoms. The summed E-state index contributed by atoms with van der Waals surface area (Å²) >= 11 is 1.34. The number of hydrogen-bond donors (Lipinski definition) is 1. The van der Waals surface area contributed by atoms with E-state index in [1.165, 1.54) is 16.7 Å². The molecule has 8 heteroatoms. The minimum absolute atomic E-state index is 0.0380. The van der Waals surface area contributed by atoms with Crippen LogP contribution in [0.1, 0.15) is 45.7 Å². The Morgan fingerprint density at radius 2 is 1.81 bits per heavy atom. The third-order valence-electron chi connectivity index (χ3n) is 4.68. The van der Waals surface area contributed by atoms with Crippen molar-refractivity contribution in [3.63, 3.8) is 0 Å². The number of ether oxygens (including phenoxy) is 2. The van der Waals surface area contributed by atoms with E-state index in [9.17, 15) is 14.4 Å². The van der Waals surface area contributed by atoms with E-state index in [1.54, 1.807) is 50.2 Å². The lowest BCUT2D eigenvalue weighted by Gasteiger charge is -2.14. The molecule has 0 saturated carbocycles. The quantitative estimate of drug-likeness (QED) is 0.292. The molecule has 0 fully saturated rings. The lowest BCUT2D eigenvalue weighted by molar-refractivity contribution is -0.149. The van der Waals surface area contributed by atoms with E-state index >= 15 is 0 Å². The minimum atomic E-state index is -0.460. The molecular weight excluding hydrogens is 416 g/mol. The normalized spacial score (nSPS) is 12.6. The van der Waals surface area contributed by atoms with Gasteiger partial charge in [0.25, 0.3) is 5.91 Å². The van der Waals surface area contributed by atoms with Gasteiger partial charge in [-0.1, -0.05) is 6.07 Å². The Labute approximate surface area is 185 Å². The molecule has 0 radical (unpaired) electrons. The van der Waals surface area contributed by atoms with E-state index in [0.29, 0.717) is 28.5 Å². The molecule has 0 aliphatic carbocycles. The highest BCUT2D eigenvalue weighted by atomic mass is 32.2. The topological polar surface area (TPSA) is 96.8 Å². The van der Waals surface area contributed by atoms with Crippen molar-refractivity contribution in [1.82, 2.24) is 4.90 Å². The summed E-state index contributed by atoms with van der Waals surface area (Å²) in [7, 11) is 0. The van der Waals surface area contributed by atoms with Crippen molar-refractivity contribution >= 4 is 34.5 Å². The summed E-state index contributed by atoms with van der Waals surface area (Å²) in [5.74, 6) is -0.387. The van der Waals surface area contributed by atoms with Crippen LogP contribution >= 0.6 is 11.8 Å². The largest absolute Gasteiger partial charge is 0.482 e. The number of nitrogens with zero attached hydrogens (tertiary/aromatic N) is 1. The smallest absolute Gasteiger partial charge is 0.344 e. The predicted molar refractivity (Wildman–Crippen MR) is 119 cm³/mol. The minimum Gasteiger partial charge on any atom is -0.482 e. The van der Waals surface area contributed by atoms with Gasteiger partial charge in [0.05, 0.1) is 17.7 Å². The number of carbonyl (C=O) groups excluding carboxylic acids is 3. The summed E-state index contributed by atoms with van der Waals surface area (Å²) in [6, 6.07) is 11.8. The van der Waals surface area contributed by atoms with Crippen LogP contribution in [0, 0.1) is 5.41 Å². The lowest BCUT2D eigenvalue weighted by atomic mass is 10.1. The molecule has 0 unspecified atom stereocenters. The van der Waals surface area contributed by atoms with Gasteiger partial charge in [-0.3, -0.25) is 15.0 Å². The number of Topliss-reactive ketones (excluding diaryl/α,β-unsaturated/α-hetero) is 1. The van der Waals surface area contributed by atoms with Gasteiger partial charge in [0, 0.05) is 23.2 Å². The predicted octanol–water partition coefficient (Wildman–Crippen LogP) is 3.54. The number of esters is 1. The maximum atomic E-state index is 12.7. The van der Waals surface area contributed by atoms with E-state index in [-0.39, 0.29) is 30.9 Å². The van der Waals surface area contributed by atoms with Gasteiger partial charge in [0.2, 0.25) is 0 Å². The Bertz CT molecular complexity index is 1020. The fraction of sp³-hybridized carbons (Fsp3) is 0.304. The van der Waals surface area contributed by atoms with Crippen LogP contribution in [0.25, 0.3) is 0 Å². The molecule has 31 heavy (non-hydrogen) atoms. The second-order valence-electron chi connectivity index (χ2n) is 7.34. The summed E-state index contributed by atoms with van der Waals surface area (Å²) in [5.41, 5.74) is 2.61. The van der Waals surface area contributed by atoms with Gasteiger partial charge in [0.1, 0.15) is 5.75 Å². The van der Waals surface area contributed by atoms with Crippen molar-refractivity contribution in [2.24, 2.45) is 0 Å². The van der Waals surface area contributed by atoms with Crippen LogP contribution in [0.5, 0.6) is 5.75 Å². The highest BCUT2D eigenvalue weighted by Crippen LogP contribution is 2.25. The number of benzene rings is 2. The van der Waals surface area contributed by atoms with E-state index in [1.807, 2.05) is 12.3 Å². The average molecular weight is 441 g/mol. The molecule has 1 aliphatic heterocycles. The van der Waals surface area contributed by atoms with E-state index in [4.69, 9.17) is 14.9 Å². The second-order valence-corrected chi connectivity index (χ2v) is 8.16. The van der Waals surface area contributed by atoms with E-state index < -0.39 is 5.97 Å². The van der Waals surface area contributed by atoms with Crippen molar-refractivity contribution in [2.45, 2.75) is 26.5 Å². The number of thioether (sulfide) groups is 1. The van der Waals surface area contributed by atoms with Crippen LogP contribution in [0.2, 0.25) is 0 Å². The molecule has 0 bridgehead atoms. The molecule has 0 atom stereocenters. The maximum Gasteiger partial charge on any atom is 0.344 e. The van der Waals surface area contributed by atoms with Crippen LogP contribution in [-0.2, 0) is 16.1 Å². The first-order valence-electron chi connectivity index (χ1n) is 9.79. The Kier molecular flexibility index (Phi) is 7.12. The Morgan fingerprint density at radius 1 is 1.13 bits per heavy atom. The molecule has 2 aromatic rings. The SMILES string of the molecule is CSC(=N)c1ccc2c(c1)CN(CC(=O)c1ccc(OCC(=O)OC(C)C)cc1)C2=O. The number of fused-ring (bicyclic) bond motifs is 1. The maximum absolute atomic E-state index is 12.7. The number of nitrogens with one attached hydrogen (secondary N) is 1. The lowest BCUT2D eigenvalue weighted by Crippen LogP contribution is -2.30. The molecule has 1 aliphatic rings. The Morgan fingerprint density at radius 3 is 2.45 bits per heavy atom. The first-order chi connectivity index (χ1) is 14.8. The molecule has 162 valence electrons. The molecule has 2 aromatic carbocycles. The van der Waals surface area contributed by atoms with Gasteiger partial charge in [0.15, 0.2) is 12.4 Å². The molecule has 0 aromatic heterocycles. The van der Waals surface area contributed by atoms with Gasteiger partial charge in [-0.15, -0.1) is 11.8 Å². The van der Waals surface area contributed by atoms with Crippen molar-refractivity contribution < 1.29 is 23.9 Å². The summed E-state index contributed by atoms with van der Waals surface area (Å²) < 4.78 is 10.4. The summed E-state index contributed by atoms with van der Waals surface area (Å²) in [6.45, 7) is 3.62. The monoisotopic (exact) mass is 440 g/mol. The molecule has 7 nitrogen and oxygen atoms in total. The second kappa shape index (κ2) is 9.78. The highest BCUT2D eigenvalue weighted by Gasteiger charge is 2.29. The van der Waals surface area contributed by atoms with Crippen LogP contribution < -0.4 is 4.74 Å². The highest BCUT2D eigenvalue weighted by molar-refractivity contribution is 8.13. The number of carbonyl (C=O) groups is 3. The zero-order chi connectivity index (χ0) is 22.5. The summed E-state index contributed by atoms with van der Waals surface area (Å²) in [5, 5.41) is 8.38. The van der Waals surface area contributed by atoms with Gasteiger partial charge >= 0.3 is 5.97 Å². The van der Waals surface area contributed by atoms with Gasteiger partial charge < -0.3 is 14.4 Å². The van der Waals surface area contributed by atoms with Crippen molar-refractivity contribution in [1.29, 1.82) is 5.41 Å². The zero-order valence-corrected chi connectivity index (χ0v) is 18.5. The van der Waals surface area contributed by atoms with Crippen molar-refractivity contribution in [3.05, 3.63) is 64.7 Å². The number of amides is 1. The zero-order valence-electron chi connectivity index (χ0n) is 17.6. The number of ketones is 1. The van der Waals surface area contributed by atoms with Crippen LogP contribution in [-0.4, -0.2) is 53.1 Å². The van der Waals surface area contributed by atoms with Crippen molar-refractivity contribution in [3.8, 4) is 5.75 Å². The Balaban J connectivity index is 1.59. The van der Waals surface area contributed by atoms with Crippen LogP contribution in [0.15, 0.2) is 42.5 Å². The molecule has 3 rings (SSSR count). The standard InChI is InChI=1S/C23H24N2O5S/c1-14(2)30-21(27)13-29-18-7-4-15(5-8-18)20(26)12-25-11-17-10-16(22(24)31-3)6-9-19(17)23(25)28/h4-10,14,24H,11-13H2,1-3H3. The van der Waals surface area contributed by atoms with Crippen LogP contribution in [0.3, 0.4) is 0 Å². The average Bonchev–Trinajstić information content (AvgIpc) is 3.06. The fourth-order valence-electron chi connectivity index (χ4n) is 3.21. The molecule has 1 N–H and O–H groups in total. The molecule has 0 saturated heterocycles. The van der Waals surface area contributed by atoms with E-state index in [0.717, 1.165) is 11.1 Å². The van der Waals surface area contributed by atoms with Gasteiger partial charge in [-0.25, -0.2) is 4.79 Å². The molecule has 1 amide bonds. The van der Waals surface area contributed by atoms with Gasteiger partial charge in [-0.2, -0.15) is 0 Å². The van der Waals surface area contributed by atoms with Gasteiger partial charge in [-0.05, 0) is 62.1 Å². The first kappa shape index (κ1) is 22.6. The number of rotatable bonds is 8. The third kappa shape index (κ3) is 5.52. The Hall–Kier alpha value is -3.13. The fourth-order valence-corrected chi connectivity index (χ4v) is 3.57. The first-order valence-corrected chi connectivity index (χ1v) is 11.0. The summed E-state index contributed by atoms with van der Waals surface area (Å²) in [6.07, 6.45) is 1.62. The molecular formula is C23H24N2O5S. The van der Waals surface area contributed by atoms with Crippen molar-refractivity contribution in [2.75, 3.05) is 19.4 Å². The third-order valence-corrected chi connectivity index (χ3v) is 5.33. The van der Waals surface area contributed by atoms with E-state index in [2.05, 4.69) is 0 Å².